The normalized spacial score (nSPS) is 15.3. The third-order valence-corrected chi connectivity index (χ3v) is 6.96. The summed E-state index contributed by atoms with van der Waals surface area (Å²) in [7, 11) is 0. The number of nitrogens with zero attached hydrogens (tertiary/aromatic N) is 2. The highest BCUT2D eigenvalue weighted by Gasteiger charge is 2.25. The first-order chi connectivity index (χ1) is 14.4. The summed E-state index contributed by atoms with van der Waals surface area (Å²) < 4.78 is 1.72. The standard InChI is InChI=1S/C22H22N4O3S/c1-11-5-6-13(19(27)23-14-7-8-14)10-15(11)24-20(28)18-12(2)17-21(30-18)25-16-4-3-9-26(16)22(17)29/h5-6,10,14H,3-4,7-9H2,1-2H3,(H,23,27)(H,24,28). The maximum atomic E-state index is 13.1. The van der Waals surface area contributed by atoms with Crippen LogP contribution < -0.4 is 16.2 Å². The molecule has 1 aliphatic heterocycles. The van der Waals surface area contributed by atoms with Crippen LogP contribution in [0.5, 0.6) is 0 Å². The third-order valence-electron chi connectivity index (χ3n) is 5.78. The summed E-state index contributed by atoms with van der Waals surface area (Å²) in [5, 5.41) is 6.42. The second-order valence-corrected chi connectivity index (χ2v) is 9.06. The number of fused-ring (bicyclic) bond motifs is 2. The van der Waals surface area contributed by atoms with Crippen LogP contribution in [-0.4, -0.2) is 27.4 Å². The summed E-state index contributed by atoms with van der Waals surface area (Å²) >= 11 is 1.25. The predicted molar refractivity (Wildman–Crippen MR) is 117 cm³/mol. The van der Waals surface area contributed by atoms with Crippen LogP contribution in [0.25, 0.3) is 10.2 Å². The minimum absolute atomic E-state index is 0.0600. The van der Waals surface area contributed by atoms with Crippen molar-refractivity contribution in [3.63, 3.8) is 0 Å². The first-order valence-electron chi connectivity index (χ1n) is 10.2. The van der Waals surface area contributed by atoms with Crippen LogP contribution in [0.3, 0.4) is 0 Å². The van der Waals surface area contributed by atoms with E-state index in [0.717, 1.165) is 37.1 Å². The Morgan fingerprint density at radius 3 is 2.77 bits per heavy atom. The Balaban J connectivity index is 1.46. The lowest BCUT2D eigenvalue weighted by Crippen LogP contribution is -2.25. The van der Waals surface area contributed by atoms with E-state index in [2.05, 4.69) is 15.6 Å². The molecule has 1 aromatic carbocycles. The van der Waals surface area contributed by atoms with Crippen LogP contribution in [0, 0.1) is 13.8 Å². The van der Waals surface area contributed by atoms with Gasteiger partial charge in [0.25, 0.3) is 17.4 Å². The van der Waals surface area contributed by atoms with Crippen molar-refractivity contribution in [2.45, 2.75) is 52.1 Å². The molecule has 1 saturated carbocycles. The zero-order valence-corrected chi connectivity index (χ0v) is 17.7. The first-order valence-corrected chi connectivity index (χ1v) is 11.0. The predicted octanol–water partition coefficient (Wildman–Crippen LogP) is 3.17. The monoisotopic (exact) mass is 422 g/mol. The van der Waals surface area contributed by atoms with Gasteiger partial charge in [-0.3, -0.25) is 19.0 Å². The van der Waals surface area contributed by atoms with Crippen molar-refractivity contribution in [1.29, 1.82) is 0 Å². The highest BCUT2D eigenvalue weighted by Crippen LogP contribution is 2.30. The molecule has 2 aliphatic rings. The molecule has 1 fully saturated rings. The zero-order valence-electron chi connectivity index (χ0n) is 16.9. The lowest BCUT2D eigenvalue weighted by molar-refractivity contribution is 0.0949. The number of anilines is 1. The molecule has 2 amide bonds. The highest BCUT2D eigenvalue weighted by molar-refractivity contribution is 7.20. The molecule has 30 heavy (non-hydrogen) atoms. The molecule has 0 radical (unpaired) electrons. The molecule has 0 unspecified atom stereocenters. The third kappa shape index (κ3) is 3.21. The Morgan fingerprint density at radius 2 is 2.00 bits per heavy atom. The maximum Gasteiger partial charge on any atom is 0.266 e. The van der Waals surface area contributed by atoms with Crippen LogP contribution >= 0.6 is 11.3 Å². The molecule has 3 heterocycles. The van der Waals surface area contributed by atoms with Gasteiger partial charge in [0.05, 0.1) is 10.3 Å². The van der Waals surface area contributed by atoms with Gasteiger partial charge >= 0.3 is 0 Å². The number of thiophene rings is 1. The van der Waals surface area contributed by atoms with E-state index in [0.29, 0.717) is 38.5 Å². The summed E-state index contributed by atoms with van der Waals surface area (Å²) in [5.74, 6) is 0.381. The minimum atomic E-state index is -0.289. The number of benzene rings is 1. The molecule has 7 nitrogen and oxygen atoms in total. The van der Waals surface area contributed by atoms with Crippen LogP contribution in [0.4, 0.5) is 5.69 Å². The SMILES string of the molecule is Cc1ccc(C(=O)NC2CC2)cc1NC(=O)c1sc2nc3n(c(=O)c2c1C)CCC3. The Morgan fingerprint density at radius 1 is 1.20 bits per heavy atom. The number of rotatable bonds is 4. The van der Waals surface area contributed by atoms with E-state index < -0.39 is 0 Å². The molecule has 0 saturated heterocycles. The van der Waals surface area contributed by atoms with E-state index in [-0.39, 0.29) is 23.4 Å². The highest BCUT2D eigenvalue weighted by atomic mass is 32.1. The Kier molecular flexibility index (Phi) is 4.47. The van der Waals surface area contributed by atoms with Gasteiger partial charge < -0.3 is 10.6 Å². The molecule has 1 aliphatic carbocycles. The van der Waals surface area contributed by atoms with E-state index in [1.165, 1.54) is 11.3 Å². The minimum Gasteiger partial charge on any atom is -0.349 e. The van der Waals surface area contributed by atoms with Gasteiger partial charge in [0.1, 0.15) is 10.7 Å². The molecular weight excluding hydrogens is 400 g/mol. The lowest BCUT2D eigenvalue weighted by atomic mass is 10.1. The molecule has 2 N–H and O–H groups in total. The number of aromatic nitrogens is 2. The van der Waals surface area contributed by atoms with E-state index in [1.54, 1.807) is 23.6 Å². The van der Waals surface area contributed by atoms with Gasteiger partial charge in [0.2, 0.25) is 0 Å². The van der Waals surface area contributed by atoms with E-state index in [1.807, 2.05) is 13.0 Å². The summed E-state index contributed by atoms with van der Waals surface area (Å²) in [6, 6.07) is 5.56. The summed E-state index contributed by atoms with van der Waals surface area (Å²) in [6.07, 6.45) is 3.75. The quantitative estimate of drug-likeness (QED) is 0.675. The van der Waals surface area contributed by atoms with Gasteiger partial charge in [0.15, 0.2) is 0 Å². The molecular formula is C22H22N4O3S. The van der Waals surface area contributed by atoms with E-state index in [4.69, 9.17) is 0 Å². The molecule has 3 aromatic rings. The maximum absolute atomic E-state index is 13.1. The first kappa shape index (κ1) is 19.0. The number of nitrogens with one attached hydrogen (secondary N) is 2. The molecule has 2 aromatic heterocycles. The van der Waals surface area contributed by atoms with Crippen LogP contribution in [-0.2, 0) is 13.0 Å². The largest absolute Gasteiger partial charge is 0.349 e. The Bertz CT molecular complexity index is 1270. The average Bonchev–Trinajstić information content (AvgIpc) is 3.28. The number of hydrogen-bond donors (Lipinski definition) is 2. The summed E-state index contributed by atoms with van der Waals surface area (Å²) in [4.78, 5) is 44.0. The van der Waals surface area contributed by atoms with Gasteiger partial charge in [0, 0.05) is 30.3 Å². The van der Waals surface area contributed by atoms with Crippen molar-refractivity contribution in [3.05, 3.63) is 55.9 Å². The van der Waals surface area contributed by atoms with Crippen molar-refractivity contribution >= 4 is 39.1 Å². The van der Waals surface area contributed by atoms with Gasteiger partial charge in [-0.25, -0.2) is 4.98 Å². The van der Waals surface area contributed by atoms with Crippen molar-refractivity contribution in [2.24, 2.45) is 0 Å². The molecule has 0 spiro atoms. The second kappa shape index (κ2) is 7.05. The summed E-state index contributed by atoms with van der Waals surface area (Å²) in [6.45, 7) is 4.36. The van der Waals surface area contributed by atoms with Crippen LogP contribution in [0.2, 0.25) is 0 Å². The van der Waals surface area contributed by atoms with Crippen molar-refractivity contribution in [1.82, 2.24) is 14.9 Å². The van der Waals surface area contributed by atoms with Gasteiger partial charge in [-0.05, 0) is 56.4 Å². The van der Waals surface area contributed by atoms with E-state index in [9.17, 15) is 14.4 Å². The molecule has 0 bridgehead atoms. The zero-order chi connectivity index (χ0) is 21.0. The van der Waals surface area contributed by atoms with Gasteiger partial charge in [-0.2, -0.15) is 0 Å². The fourth-order valence-electron chi connectivity index (χ4n) is 3.87. The second-order valence-electron chi connectivity index (χ2n) is 8.06. The van der Waals surface area contributed by atoms with Crippen LogP contribution in [0.15, 0.2) is 23.0 Å². The Labute approximate surface area is 177 Å². The van der Waals surface area contributed by atoms with E-state index >= 15 is 0 Å². The van der Waals surface area contributed by atoms with Crippen molar-refractivity contribution in [3.8, 4) is 0 Å². The van der Waals surface area contributed by atoms with Crippen molar-refractivity contribution in [2.75, 3.05) is 5.32 Å². The topological polar surface area (TPSA) is 93.1 Å². The molecule has 5 rings (SSSR count). The molecule has 154 valence electrons. The fourth-order valence-corrected chi connectivity index (χ4v) is 4.95. The fraction of sp³-hybridized carbons (Fsp3) is 0.364. The Hall–Kier alpha value is -3.00. The smallest absolute Gasteiger partial charge is 0.266 e. The number of carbonyl (C=O) groups is 2. The molecule has 0 atom stereocenters. The number of aryl methyl sites for hydroxylation is 3. The average molecular weight is 423 g/mol. The lowest BCUT2D eigenvalue weighted by Gasteiger charge is -2.11. The number of carbonyl (C=O) groups excluding carboxylic acids is 2. The van der Waals surface area contributed by atoms with Crippen molar-refractivity contribution < 1.29 is 9.59 Å². The van der Waals surface area contributed by atoms with Gasteiger partial charge in [-0.1, -0.05) is 6.07 Å². The number of amides is 2. The summed E-state index contributed by atoms with van der Waals surface area (Å²) in [5.41, 5.74) is 2.57. The van der Waals surface area contributed by atoms with Gasteiger partial charge in [-0.15, -0.1) is 11.3 Å². The number of hydrogen-bond acceptors (Lipinski definition) is 5. The molecule has 8 heteroatoms. The van der Waals surface area contributed by atoms with Crippen LogP contribution in [0.1, 0.15) is 56.2 Å².